The van der Waals surface area contributed by atoms with Crippen LogP contribution in [0, 0.1) is 20.8 Å². The van der Waals surface area contributed by atoms with E-state index < -0.39 is 0 Å². The third-order valence-electron chi connectivity index (χ3n) is 3.60. The summed E-state index contributed by atoms with van der Waals surface area (Å²) in [5.74, 6) is 2.03. The molecule has 0 amide bonds. The molecule has 0 saturated heterocycles. The Bertz CT molecular complexity index is 1040. The molecule has 0 spiro atoms. The molecule has 3 aromatic heterocycles. The molecule has 0 fully saturated rings. The van der Waals surface area contributed by atoms with Gasteiger partial charge >= 0.3 is 0 Å². The quantitative estimate of drug-likeness (QED) is 0.465. The first-order valence-corrected chi connectivity index (χ1v) is 9.69. The second-order valence-electron chi connectivity index (χ2n) is 5.69. The first kappa shape index (κ1) is 16.9. The fourth-order valence-electron chi connectivity index (χ4n) is 2.35. The molecule has 132 valence electrons. The second-order valence-corrected chi connectivity index (χ2v) is 7.82. The van der Waals surface area contributed by atoms with Crippen LogP contribution in [0.3, 0.4) is 0 Å². The van der Waals surface area contributed by atoms with Crippen LogP contribution in [0.5, 0.6) is 0 Å². The minimum atomic E-state index is 0.459. The van der Waals surface area contributed by atoms with Gasteiger partial charge in [0, 0.05) is 5.56 Å². The van der Waals surface area contributed by atoms with Crippen molar-refractivity contribution in [2.75, 3.05) is 0 Å². The molecule has 4 aromatic rings. The van der Waals surface area contributed by atoms with Crippen molar-refractivity contribution in [2.45, 2.75) is 31.7 Å². The van der Waals surface area contributed by atoms with Crippen molar-refractivity contribution in [2.24, 2.45) is 0 Å². The zero-order chi connectivity index (χ0) is 18.1. The lowest BCUT2D eigenvalue weighted by atomic mass is 10.1. The normalized spacial score (nSPS) is 11.2. The number of benzene rings is 1. The number of nitrogens with zero attached hydrogens (tertiary/aromatic N) is 5. The Kier molecular flexibility index (Phi) is 4.56. The Balaban J connectivity index is 1.43. The van der Waals surface area contributed by atoms with Crippen LogP contribution in [-0.2, 0) is 5.75 Å². The number of thiazole rings is 1. The molecular weight excluding hydrogens is 370 g/mol. The molecule has 0 radical (unpaired) electrons. The van der Waals surface area contributed by atoms with E-state index in [1.807, 2.05) is 45.0 Å². The third-order valence-corrected chi connectivity index (χ3v) is 5.47. The largest absolute Gasteiger partial charge is 0.410 e. The average molecular weight is 385 g/mol. The van der Waals surface area contributed by atoms with E-state index in [1.54, 1.807) is 0 Å². The van der Waals surface area contributed by atoms with Gasteiger partial charge in [0.15, 0.2) is 0 Å². The van der Waals surface area contributed by atoms with Crippen LogP contribution in [-0.4, -0.2) is 25.3 Å². The molecule has 0 unspecified atom stereocenters. The van der Waals surface area contributed by atoms with Gasteiger partial charge in [-0.05, 0) is 20.8 Å². The van der Waals surface area contributed by atoms with Crippen molar-refractivity contribution in [1.29, 1.82) is 0 Å². The van der Waals surface area contributed by atoms with Crippen molar-refractivity contribution >= 4 is 23.1 Å². The average Bonchev–Trinajstić information content (AvgIpc) is 3.33. The fraction of sp³-hybridized carbons (Fsp3) is 0.235. The lowest BCUT2D eigenvalue weighted by molar-refractivity contribution is 0.391. The van der Waals surface area contributed by atoms with E-state index in [0.29, 0.717) is 28.6 Å². The van der Waals surface area contributed by atoms with Gasteiger partial charge in [0.2, 0.25) is 11.7 Å². The summed E-state index contributed by atoms with van der Waals surface area (Å²) in [6, 6.07) is 7.98. The smallest absolute Gasteiger partial charge is 0.277 e. The summed E-state index contributed by atoms with van der Waals surface area (Å²) in [5.41, 5.74) is 3.01. The van der Waals surface area contributed by atoms with E-state index in [0.717, 1.165) is 21.1 Å². The van der Waals surface area contributed by atoms with Crippen molar-refractivity contribution in [1.82, 2.24) is 25.3 Å². The van der Waals surface area contributed by atoms with Crippen LogP contribution >= 0.6 is 23.1 Å². The van der Waals surface area contributed by atoms with Gasteiger partial charge in [0.05, 0.1) is 16.5 Å². The van der Waals surface area contributed by atoms with Crippen molar-refractivity contribution in [3.05, 3.63) is 46.4 Å². The Morgan fingerprint density at radius 2 is 1.85 bits per heavy atom. The maximum absolute atomic E-state index is 5.71. The first-order valence-electron chi connectivity index (χ1n) is 7.89. The molecule has 4 rings (SSSR count). The van der Waals surface area contributed by atoms with Gasteiger partial charge in [-0.2, -0.15) is 4.98 Å². The van der Waals surface area contributed by atoms with Crippen LogP contribution in [0.15, 0.2) is 38.4 Å². The molecule has 0 aliphatic carbocycles. The molecule has 0 N–H and O–H groups in total. The standard InChI is InChI=1S/C17H15N5O2S2/c1-9-4-6-12(7-5-9)15-19-13(24-22-15)8-25-17-21-20-16(23-17)14-10(2)18-11(3)26-14/h4-7H,8H2,1-3H3. The zero-order valence-electron chi connectivity index (χ0n) is 14.4. The highest BCUT2D eigenvalue weighted by Gasteiger charge is 2.16. The van der Waals surface area contributed by atoms with E-state index in [4.69, 9.17) is 8.94 Å². The van der Waals surface area contributed by atoms with E-state index in [-0.39, 0.29) is 0 Å². The summed E-state index contributed by atoms with van der Waals surface area (Å²) >= 11 is 2.90. The monoisotopic (exact) mass is 385 g/mol. The Morgan fingerprint density at radius 3 is 2.58 bits per heavy atom. The fourth-order valence-corrected chi connectivity index (χ4v) is 3.79. The molecule has 9 heteroatoms. The Hall–Kier alpha value is -2.52. The first-order chi connectivity index (χ1) is 12.6. The molecule has 0 atom stereocenters. The summed E-state index contributed by atoms with van der Waals surface area (Å²) in [7, 11) is 0. The van der Waals surface area contributed by atoms with Gasteiger partial charge < -0.3 is 8.94 Å². The van der Waals surface area contributed by atoms with Crippen LogP contribution in [0.1, 0.15) is 22.2 Å². The highest BCUT2D eigenvalue weighted by molar-refractivity contribution is 7.98. The van der Waals surface area contributed by atoms with Crippen LogP contribution in [0.4, 0.5) is 0 Å². The lowest BCUT2D eigenvalue weighted by Gasteiger charge is -1.94. The van der Waals surface area contributed by atoms with Crippen LogP contribution in [0.2, 0.25) is 0 Å². The highest BCUT2D eigenvalue weighted by Crippen LogP contribution is 2.31. The number of aryl methyl sites for hydroxylation is 3. The number of thioether (sulfide) groups is 1. The van der Waals surface area contributed by atoms with Crippen molar-refractivity contribution in [3.63, 3.8) is 0 Å². The van der Waals surface area contributed by atoms with Gasteiger partial charge in [0.1, 0.15) is 4.88 Å². The van der Waals surface area contributed by atoms with Gasteiger partial charge in [-0.25, -0.2) is 4.98 Å². The van der Waals surface area contributed by atoms with E-state index in [1.165, 1.54) is 28.7 Å². The third kappa shape index (κ3) is 3.54. The second kappa shape index (κ2) is 7.00. The lowest BCUT2D eigenvalue weighted by Crippen LogP contribution is -1.83. The number of hydrogen-bond donors (Lipinski definition) is 0. The summed E-state index contributed by atoms with van der Waals surface area (Å²) in [6.07, 6.45) is 0. The molecular formula is C17H15N5O2S2. The maximum atomic E-state index is 5.71. The zero-order valence-corrected chi connectivity index (χ0v) is 16.0. The van der Waals surface area contributed by atoms with E-state index in [9.17, 15) is 0 Å². The predicted octanol–water partition coefficient (Wildman–Crippen LogP) is 4.46. The predicted molar refractivity (Wildman–Crippen MR) is 98.9 cm³/mol. The maximum Gasteiger partial charge on any atom is 0.277 e. The SMILES string of the molecule is Cc1ccc(-c2noc(CSc3nnc(-c4sc(C)nc4C)o3)n2)cc1. The molecule has 26 heavy (non-hydrogen) atoms. The number of aromatic nitrogens is 5. The molecule has 1 aromatic carbocycles. The highest BCUT2D eigenvalue weighted by atomic mass is 32.2. The van der Waals surface area contributed by atoms with Crippen LogP contribution in [0.25, 0.3) is 22.2 Å². The molecule has 7 nitrogen and oxygen atoms in total. The summed E-state index contributed by atoms with van der Waals surface area (Å²) < 4.78 is 11.0. The Labute approximate surface area is 157 Å². The Morgan fingerprint density at radius 1 is 1.04 bits per heavy atom. The van der Waals surface area contributed by atoms with E-state index in [2.05, 4.69) is 25.3 Å². The van der Waals surface area contributed by atoms with Crippen LogP contribution < -0.4 is 0 Å². The van der Waals surface area contributed by atoms with E-state index >= 15 is 0 Å². The van der Waals surface area contributed by atoms with Gasteiger partial charge in [-0.15, -0.1) is 21.5 Å². The summed E-state index contributed by atoms with van der Waals surface area (Å²) in [6.45, 7) is 5.92. The minimum Gasteiger partial charge on any atom is -0.410 e. The van der Waals surface area contributed by atoms with Gasteiger partial charge in [0.25, 0.3) is 11.1 Å². The minimum absolute atomic E-state index is 0.459. The van der Waals surface area contributed by atoms with Crippen molar-refractivity contribution in [3.8, 4) is 22.2 Å². The molecule has 0 aliphatic heterocycles. The molecule has 3 heterocycles. The number of hydrogen-bond acceptors (Lipinski definition) is 9. The molecule has 0 aliphatic rings. The molecule has 0 bridgehead atoms. The van der Waals surface area contributed by atoms with Gasteiger partial charge in [-0.1, -0.05) is 46.7 Å². The molecule has 0 saturated carbocycles. The summed E-state index contributed by atoms with van der Waals surface area (Å²) in [5, 5.41) is 13.6. The number of rotatable bonds is 5. The topological polar surface area (TPSA) is 90.7 Å². The van der Waals surface area contributed by atoms with Gasteiger partial charge in [-0.3, -0.25) is 0 Å². The van der Waals surface area contributed by atoms with Crippen molar-refractivity contribution < 1.29 is 8.94 Å². The summed E-state index contributed by atoms with van der Waals surface area (Å²) in [4.78, 5) is 9.69.